The molecule has 3 aromatic rings. The van der Waals surface area contributed by atoms with E-state index in [4.69, 9.17) is 0 Å². The fourth-order valence-electron chi connectivity index (χ4n) is 3.22. The molecule has 0 fully saturated rings. The maximum absolute atomic E-state index is 13.0. The molecule has 0 amide bonds. The van der Waals surface area contributed by atoms with Crippen LogP contribution in [-0.2, 0) is 7.05 Å². The minimum Gasteiger partial charge on any atom is -0.343 e. The molecule has 23 heavy (non-hydrogen) atoms. The number of hydrogen-bond donors (Lipinski definition) is 0. The Balaban J connectivity index is 2.37. The van der Waals surface area contributed by atoms with Crippen molar-refractivity contribution in [1.29, 1.82) is 0 Å². The van der Waals surface area contributed by atoms with Crippen LogP contribution in [0.25, 0.3) is 21.8 Å². The van der Waals surface area contributed by atoms with E-state index in [-0.39, 0.29) is 5.43 Å². The molecule has 0 saturated carbocycles. The number of benzene rings is 2. The molecular formula is C21H25NO. The molecule has 0 spiro atoms. The Hall–Kier alpha value is -2.09. The molecule has 3 rings (SSSR count). The van der Waals surface area contributed by atoms with Gasteiger partial charge in [-0.2, -0.15) is 0 Å². The summed E-state index contributed by atoms with van der Waals surface area (Å²) in [6.07, 6.45) is 1.10. The standard InChI is InChI=1S/C21H25NO/c1-6-14(4)16-7-9-17-20(12-16)22(5)19-10-8-15(13(2)3)11-18(19)21(17)23/h7-14H,6H2,1-5H3. The van der Waals surface area contributed by atoms with Crippen LogP contribution in [-0.4, -0.2) is 4.57 Å². The summed E-state index contributed by atoms with van der Waals surface area (Å²) in [5, 5.41) is 1.63. The van der Waals surface area contributed by atoms with Gasteiger partial charge in [-0.3, -0.25) is 4.79 Å². The van der Waals surface area contributed by atoms with Crippen molar-refractivity contribution in [3.8, 4) is 0 Å². The minimum atomic E-state index is 0.145. The summed E-state index contributed by atoms with van der Waals surface area (Å²) in [4.78, 5) is 13.0. The molecule has 1 unspecified atom stereocenters. The molecule has 1 atom stereocenters. The van der Waals surface area contributed by atoms with Crippen molar-refractivity contribution in [3.63, 3.8) is 0 Å². The summed E-state index contributed by atoms with van der Waals surface area (Å²) < 4.78 is 2.15. The second kappa shape index (κ2) is 5.84. The van der Waals surface area contributed by atoms with Crippen LogP contribution in [0.1, 0.15) is 57.1 Å². The maximum atomic E-state index is 13.0. The first-order chi connectivity index (χ1) is 10.9. The highest BCUT2D eigenvalue weighted by Crippen LogP contribution is 2.26. The van der Waals surface area contributed by atoms with Gasteiger partial charge in [-0.05, 0) is 53.6 Å². The molecular weight excluding hydrogens is 282 g/mol. The Labute approximate surface area is 137 Å². The normalized spacial score (nSPS) is 13.1. The molecule has 0 N–H and O–H groups in total. The fourth-order valence-corrected chi connectivity index (χ4v) is 3.22. The Bertz CT molecular complexity index is 934. The molecule has 1 heterocycles. The number of pyridine rings is 1. The van der Waals surface area contributed by atoms with Crippen LogP contribution in [0, 0.1) is 0 Å². The van der Waals surface area contributed by atoms with Crippen molar-refractivity contribution in [2.75, 3.05) is 0 Å². The Morgan fingerprint density at radius 1 is 0.913 bits per heavy atom. The zero-order chi connectivity index (χ0) is 16.7. The first-order valence-electron chi connectivity index (χ1n) is 8.50. The summed E-state index contributed by atoms with van der Waals surface area (Å²) in [6.45, 7) is 8.74. The average Bonchev–Trinajstić information content (AvgIpc) is 2.57. The molecule has 2 heteroatoms. The number of aromatic nitrogens is 1. The maximum Gasteiger partial charge on any atom is 0.197 e. The van der Waals surface area contributed by atoms with Gasteiger partial charge in [0.25, 0.3) is 0 Å². The van der Waals surface area contributed by atoms with Gasteiger partial charge in [0.1, 0.15) is 0 Å². The summed E-state index contributed by atoms with van der Waals surface area (Å²) in [5.74, 6) is 0.932. The van der Waals surface area contributed by atoms with E-state index in [0.29, 0.717) is 11.8 Å². The van der Waals surface area contributed by atoms with E-state index in [1.807, 2.05) is 6.07 Å². The SMILES string of the molecule is CCC(C)c1ccc2c(=O)c3cc(C(C)C)ccc3n(C)c2c1. The van der Waals surface area contributed by atoms with E-state index in [2.05, 4.69) is 69.6 Å². The van der Waals surface area contributed by atoms with E-state index >= 15 is 0 Å². The number of aryl methyl sites for hydroxylation is 1. The van der Waals surface area contributed by atoms with Gasteiger partial charge in [0.2, 0.25) is 0 Å². The number of hydrogen-bond acceptors (Lipinski definition) is 1. The second-order valence-corrected chi connectivity index (χ2v) is 6.91. The van der Waals surface area contributed by atoms with Crippen molar-refractivity contribution < 1.29 is 0 Å². The summed E-state index contributed by atoms with van der Waals surface area (Å²) >= 11 is 0. The van der Waals surface area contributed by atoms with Crippen molar-refractivity contribution >= 4 is 21.8 Å². The first kappa shape index (κ1) is 15.8. The van der Waals surface area contributed by atoms with Crippen LogP contribution in [0.5, 0.6) is 0 Å². The molecule has 1 aromatic heterocycles. The van der Waals surface area contributed by atoms with Crippen LogP contribution in [0.2, 0.25) is 0 Å². The third-order valence-electron chi connectivity index (χ3n) is 5.10. The monoisotopic (exact) mass is 307 g/mol. The van der Waals surface area contributed by atoms with E-state index in [0.717, 1.165) is 28.2 Å². The van der Waals surface area contributed by atoms with Crippen LogP contribution in [0.4, 0.5) is 0 Å². The van der Waals surface area contributed by atoms with Crippen molar-refractivity contribution in [3.05, 3.63) is 57.7 Å². The quantitative estimate of drug-likeness (QED) is 0.599. The predicted octanol–water partition coefficient (Wildman–Crippen LogP) is 5.33. The smallest absolute Gasteiger partial charge is 0.197 e. The molecule has 0 saturated heterocycles. The van der Waals surface area contributed by atoms with E-state index < -0.39 is 0 Å². The summed E-state index contributed by atoms with van der Waals surface area (Å²) in [7, 11) is 2.06. The van der Waals surface area contributed by atoms with Crippen molar-refractivity contribution in [2.45, 2.75) is 46.0 Å². The third-order valence-corrected chi connectivity index (χ3v) is 5.10. The Kier molecular flexibility index (Phi) is 4.01. The van der Waals surface area contributed by atoms with Crippen molar-refractivity contribution in [2.24, 2.45) is 7.05 Å². The predicted molar refractivity (Wildman–Crippen MR) is 99.5 cm³/mol. The summed E-state index contributed by atoms with van der Waals surface area (Å²) in [5.41, 5.74) is 4.69. The lowest BCUT2D eigenvalue weighted by Gasteiger charge is -2.15. The van der Waals surface area contributed by atoms with Gasteiger partial charge in [0.05, 0.1) is 11.0 Å². The van der Waals surface area contributed by atoms with E-state index in [9.17, 15) is 4.79 Å². The number of nitrogens with zero attached hydrogens (tertiary/aromatic N) is 1. The van der Waals surface area contributed by atoms with Gasteiger partial charge in [0, 0.05) is 17.8 Å². The number of rotatable bonds is 3. The van der Waals surface area contributed by atoms with Crippen LogP contribution in [0.15, 0.2) is 41.2 Å². The molecule has 2 aromatic carbocycles. The van der Waals surface area contributed by atoms with Crippen LogP contribution in [0.3, 0.4) is 0 Å². The molecule has 120 valence electrons. The molecule has 0 radical (unpaired) electrons. The van der Waals surface area contributed by atoms with Gasteiger partial charge >= 0.3 is 0 Å². The lowest BCUT2D eigenvalue weighted by Crippen LogP contribution is -2.10. The lowest BCUT2D eigenvalue weighted by atomic mass is 9.96. The molecule has 0 aliphatic heterocycles. The zero-order valence-corrected chi connectivity index (χ0v) is 14.7. The van der Waals surface area contributed by atoms with Crippen molar-refractivity contribution in [1.82, 2.24) is 4.57 Å². The Morgan fingerprint density at radius 2 is 1.61 bits per heavy atom. The zero-order valence-electron chi connectivity index (χ0n) is 14.7. The molecule has 2 nitrogen and oxygen atoms in total. The van der Waals surface area contributed by atoms with Gasteiger partial charge in [-0.15, -0.1) is 0 Å². The van der Waals surface area contributed by atoms with Gasteiger partial charge < -0.3 is 4.57 Å². The molecule has 0 bridgehead atoms. The third kappa shape index (κ3) is 2.56. The lowest BCUT2D eigenvalue weighted by molar-refractivity contribution is 0.734. The summed E-state index contributed by atoms with van der Waals surface area (Å²) in [6, 6.07) is 12.6. The van der Waals surface area contributed by atoms with Crippen LogP contribution < -0.4 is 5.43 Å². The van der Waals surface area contributed by atoms with Gasteiger partial charge in [-0.25, -0.2) is 0 Å². The van der Waals surface area contributed by atoms with Gasteiger partial charge in [0.15, 0.2) is 5.43 Å². The first-order valence-corrected chi connectivity index (χ1v) is 8.50. The molecule has 0 aliphatic carbocycles. The average molecular weight is 307 g/mol. The van der Waals surface area contributed by atoms with E-state index in [1.165, 1.54) is 11.1 Å². The number of fused-ring (bicyclic) bond motifs is 2. The van der Waals surface area contributed by atoms with E-state index in [1.54, 1.807) is 0 Å². The highest BCUT2D eigenvalue weighted by molar-refractivity contribution is 5.94. The highest BCUT2D eigenvalue weighted by atomic mass is 16.1. The second-order valence-electron chi connectivity index (χ2n) is 6.91. The topological polar surface area (TPSA) is 22.0 Å². The largest absolute Gasteiger partial charge is 0.343 e. The molecule has 0 aliphatic rings. The van der Waals surface area contributed by atoms with Gasteiger partial charge in [-0.1, -0.05) is 39.8 Å². The van der Waals surface area contributed by atoms with Crippen LogP contribution >= 0.6 is 0 Å². The highest BCUT2D eigenvalue weighted by Gasteiger charge is 2.12. The minimum absolute atomic E-state index is 0.145. The fraction of sp³-hybridized carbons (Fsp3) is 0.381. The Morgan fingerprint density at radius 3 is 2.26 bits per heavy atom.